The highest BCUT2D eigenvalue weighted by molar-refractivity contribution is 6.74. The fourth-order valence-corrected chi connectivity index (χ4v) is 6.16. The summed E-state index contributed by atoms with van der Waals surface area (Å²) < 4.78 is 24.5. The lowest BCUT2D eigenvalue weighted by molar-refractivity contribution is -0.254. The van der Waals surface area contributed by atoms with Crippen molar-refractivity contribution in [3.05, 3.63) is 0 Å². The molecule has 27 heavy (non-hydrogen) atoms. The van der Waals surface area contributed by atoms with Gasteiger partial charge in [0.05, 0.1) is 6.42 Å². The highest BCUT2D eigenvalue weighted by atomic mass is 28.4. The van der Waals surface area contributed by atoms with Crippen LogP contribution in [0.4, 0.5) is 0 Å². The number of ether oxygens (including phenoxy) is 3. The SMILES string of the molecule is CO[C@H]1CC[C@]2(C)C[C@H](O[Si](C)(C)C(C)(C)C)CC[C@@H]3CC(=O)O[C@@H]3[C@H]2O1. The maximum Gasteiger partial charge on any atom is 0.306 e. The van der Waals surface area contributed by atoms with Crippen LogP contribution < -0.4 is 0 Å². The molecule has 1 saturated carbocycles. The maximum absolute atomic E-state index is 12.1. The summed E-state index contributed by atoms with van der Waals surface area (Å²) in [6.07, 6.45) is 5.07. The number of fused-ring (bicyclic) bond motifs is 3. The van der Waals surface area contributed by atoms with Crippen LogP contribution in [0.2, 0.25) is 18.1 Å². The molecule has 6 atom stereocenters. The Morgan fingerprint density at radius 1 is 1.19 bits per heavy atom. The molecule has 0 amide bonds. The topological polar surface area (TPSA) is 54.0 Å². The van der Waals surface area contributed by atoms with Gasteiger partial charge in [-0.05, 0) is 50.2 Å². The van der Waals surface area contributed by atoms with Crippen molar-refractivity contribution in [2.24, 2.45) is 11.3 Å². The Labute approximate surface area is 165 Å². The van der Waals surface area contributed by atoms with Gasteiger partial charge in [-0.15, -0.1) is 0 Å². The van der Waals surface area contributed by atoms with E-state index in [1.807, 2.05) is 0 Å². The van der Waals surface area contributed by atoms with Gasteiger partial charge in [0.25, 0.3) is 0 Å². The molecular formula is C21H38O5Si. The van der Waals surface area contributed by atoms with Crippen LogP contribution in [0.25, 0.3) is 0 Å². The van der Waals surface area contributed by atoms with Gasteiger partial charge in [-0.3, -0.25) is 4.79 Å². The summed E-state index contributed by atoms with van der Waals surface area (Å²) in [5.41, 5.74) is -0.0595. The molecule has 0 aromatic rings. The molecule has 0 radical (unpaired) electrons. The summed E-state index contributed by atoms with van der Waals surface area (Å²) in [7, 11) is -0.160. The molecule has 3 fully saturated rings. The molecule has 0 aromatic heterocycles. The fraction of sp³-hybridized carbons (Fsp3) is 0.952. The Hall–Kier alpha value is -0.433. The third kappa shape index (κ3) is 4.28. The third-order valence-corrected chi connectivity index (χ3v) is 12.0. The standard InChI is InChI=1S/C21H38O5Si/c1-20(2,3)27(6,7)26-15-9-8-14-12-16(22)24-18(14)19-21(4,13-15)11-10-17(23-5)25-19/h14-15,17-19H,8-13H2,1-7H3/t14-,15-,17-,18+,19-,21-/m1/s1. The second-order valence-electron chi connectivity index (χ2n) is 10.6. The molecule has 0 aromatic carbocycles. The highest BCUT2D eigenvalue weighted by Gasteiger charge is 2.54. The van der Waals surface area contributed by atoms with Gasteiger partial charge in [-0.25, -0.2) is 0 Å². The van der Waals surface area contributed by atoms with Crippen molar-refractivity contribution < 1.29 is 23.4 Å². The summed E-state index contributed by atoms with van der Waals surface area (Å²) in [5.74, 6) is 0.141. The lowest BCUT2D eigenvalue weighted by Crippen LogP contribution is -2.55. The Bertz CT molecular complexity index is 557. The summed E-state index contributed by atoms with van der Waals surface area (Å²) in [5, 5.41) is 0.189. The molecule has 0 N–H and O–H groups in total. The zero-order valence-corrected chi connectivity index (χ0v) is 19.2. The van der Waals surface area contributed by atoms with E-state index in [1.54, 1.807) is 7.11 Å². The summed E-state index contributed by atoms with van der Waals surface area (Å²) in [6, 6.07) is 0. The Morgan fingerprint density at radius 2 is 1.89 bits per heavy atom. The Kier molecular flexibility index (Phi) is 5.86. The lowest BCUT2D eigenvalue weighted by atomic mass is 9.67. The number of carbonyl (C=O) groups excluding carboxylic acids is 1. The Balaban J connectivity index is 1.85. The molecule has 2 aliphatic heterocycles. The monoisotopic (exact) mass is 398 g/mol. The van der Waals surface area contributed by atoms with Gasteiger partial charge < -0.3 is 18.6 Å². The third-order valence-electron chi connectivity index (χ3n) is 7.48. The van der Waals surface area contributed by atoms with E-state index >= 15 is 0 Å². The van der Waals surface area contributed by atoms with Crippen molar-refractivity contribution in [1.29, 1.82) is 0 Å². The Morgan fingerprint density at radius 3 is 2.52 bits per heavy atom. The maximum atomic E-state index is 12.1. The number of hydrogen-bond donors (Lipinski definition) is 0. The van der Waals surface area contributed by atoms with Gasteiger partial charge in [0.2, 0.25) is 0 Å². The van der Waals surface area contributed by atoms with E-state index in [-0.39, 0.29) is 46.9 Å². The molecule has 3 rings (SSSR count). The van der Waals surface area contributed by atoms with Gasteiger partial charge in [-0.1, -0.05) is 27.7 Å². The summed E-state index contributed by atoms with van der Waals surface area (Å²) in [4.78, 5) is 12.1. The number of methoxy groups -OCH3 is 1. The largest absolute Gasteiger partial charge is 0.459 e. The van der Waals surface area contributed by atoms with Crippen LogP contribution in [-0.4, -0.2) is 46.0 Å². The summed E-state index contributed by atoms with van der Waals surface area (Å²) in [6.45, 7) is 13.8. The first-order valence-electron chi connectivity index (χ1n) is 10.5. The van der Waals surface area contributed by atoms with Crippen LogP contribution in [0, 0.1) is 11.3 Å². The molecule has 0 spiro atoms. The quantitative estimate of drug-likeness (QED) is 0.512. The molecule has 1 aliphatic carbocycles. The molecular weight excluding hydrogens is 360 g/mol. The predicted molar refractivity (Wildman–Crippen MR) is 107 cm³/mol. The van der Waals surface area contributed by atoms with Crippen molar-refractivity contribution in [3.8, 4) is 0 Å². The predicted octanol–water partition coefficient (Wildman–Crippen LogP) is 4.65. The number of rotatable bonds is 3. The lowest BCUT2D eigenvalue weighted by Gasteiger charge is -2.50. The minimum atomic E-state index is -1.85. The molecule has 3 aliphatic rings. The molecule has 6 heteroatoms. The average Bonchev–Trinajstić information content (AvgIpc) is 2.90. The smallest absolute Gasteiger partial charge is 0.306 e. The molecule has 2 saturated heterocycles. The first-order valence-corrected chi connectivity index (χ1v) is 13.4. The second kappa shape index (κ2) is 7.43. The molecule has 2 heterocycles. The van der Waals surface area contributed by atoms with Crippen molar-refractivity contribution in [3.63, 3.8) is 0 Å². The minimum Gasteiger partial charge on any atom is -0.459 e. The number of esters is 1. The van der Waals surface area contributed by atoms with Crippen LogP contribution in [0.3, 0.4) is 0 Å². The van der Waals surface area contributed by atoms with Crippen molar-refractivity contribution in [1.82, 2.24) is 0 Å². The molecule has 156 valence electrons. The van der Waals surface area contributed by atoms with Gasteiger partial charge >= 0.3 is 5.97 Å². The van der Waals surface area contributed by atoms with Gasteiger partial charge in [0, 0.05) is 24.5 Å². The average molecular weight is 399 g/mol. The van der Waals surface area contributed by atoms with Crippen LogP contribution in [0.5, 0.6) is 0 Å². The van der Waals surface area contributed by atoms with Crippen molar-refractivity contribution in [2.45, 2.75) is 109 Å². The van der Waals surface area contributed by atoms with Crippen molar-refractivity contribution >= 4 is 14.3 Å². The van der Waals surface area contributed by atoms with Crippen LogP contribution in [0.1, 0.15) is 66.2 Å². The van der Waals surface area contributed by atoms with E-state index in [1.165, 1.54) is 0 Å². The van der Waals surface area contributed by atoms with Crippen LogP contribution in [0.15, 0.2) is 0 Å². The van der Waals surface area contributed by atoms with E-state index in [9.17, 15) is 4.79 Å². The van der Waals surface area contributed by atoms with E-state index in [0.29, 0.717) is 6.42 Å². The van der Waals surface area contributed by atoms with Crippen LogP contribution in [-0.2, 0) is 23.4 Å². The minimum absolute atomic E-state index is 0.0595. The highest BCUT2D eigenvalue weighted by Crippen LogP contribution is 2.50. The molecule has 5 nitrogen and oxygen atoms in total. The van der Waals surface area contributed by atoms with E-state index in [0.717, 1.165) is 32.1 Å². The van der Waals surface area contributed by atoms with E-state index in [2.05, 4.69) is 40.8 Å². The number of hydrogen-bond acceptors (Lipinski definition) is 5. The zero-order chi connectivity index (χ0) is 20.0. The van der Waals surface area contributed by atoms with E-state index in [4.69, 9.17) is 18.6 Å². The second-order valence-corrected chi connectivity index (χ2v) is 15.4. The van der Waals surface area contributed by atoms with Gasteiger partial charge in [-0.2, -0.15) is 0 Å². The first kappa shape index (κ1) is 21.3. The van der Waals surface area contributed by atoms with E-state index < -0.39 is 8.32 Å². The number of carbonyl (C=O) groups is 1. The zero-order valence-electron chi connectivity index (χ0n) is 18.2. The fourth-order valence-electron chi connectivity index (χ4n) is 4.77. The van der Waals surface area contributed by atoms with Gasteiger partial charge in [0.1, 0.15) is 12.2 Å². The normalized spacial score (nSPS) is 40.6. The van der Waals surface area contributed by atoms with Gasteiger partial charge in [0.15, 0.2) is 14.6 Å². The first-order chi connectivity index (χ1) is 12.4. The summed E-state index contributed by atoms with van der Waals surface area (Å²) >= 11 is 0. The van der Waals surface area contributed by atoms with Crippen molar-refractivity contribution in [2.75, 3.05) is 7.11 Å². The van der Waals surface area contributed by atoms with Crippen LogP contribution >= 0.6 is 0 Å². The molecule has 0 bridgehead atoms. The molecule has 0 unspecified atom stereocenters.